The van der Waals surface area contributed by atoms with Crippen LogP contribution in [-0.4, -0.2) is 42.4 Å². The van der Waals surface area contributed by atoms with E-state index in [4.69, 9.17) is 5.73 Å². The van der Waals surface area contributed by atoms with Crippen LogP contribution in [0.2, 0.25) is 0 Å². The van der Waals surface area contributed by atoms with Gasteiger partial charge in [0.1, 0.15) is 6.04 Å². The summed E-state index contributed by atoms with van der Waals surface area (Å²) < 4.78 is 0. The average molecular weight is 197 g/mol. The monoisotopic (exact) mass is 197 g/mol. The highest BCUT2D eigenvalue weighted by molar-refractivity contribution is 5.91. The summed E-state index contributed by atoms with van der Waals surface area (Å²) in [5.74, 6) is -0.327. The quantitative estimate of drug-likeness (QED) is 0.576. The van der Waals surface area contributed by atoms with E-state index in [1.54, 1.807) is 4.90 Å². The van der Waals surface area contributed by atoms with Gasteiger partial charge in [0.25, 0.3) is 0 Å². The van der Waals surface area contributed by atoms with Gasteiger partial charge in [-0.2, -0.15) is 0 Å². The van der Waals surface area contributed by atoms with Gasteiger partial charge in [-0.15, -0.1) is 0 Å². The molecule has 0 radical (unpaired) electrons. The predicted octanol–water partition coefficient (Wildman–Crippen LogP) is -1.32. The largest absolute Gasteiger partial charge is 0.368 e. The molecule has 0 aromatic rings. The number of carbonyl (C=O) groups is 2. The molecule has 3 N–H and O–H groups in total. The maximum Gasteiger partial charge on any atom is 0.240 e. The minimum atomic E-state index is -0.388. The minimum Gasteiger partial charge on any atom is -0.368 e. The van der Waals surface area contributed by atoms with Crippen molar-refractivity contribution in [3.63, 3.8) is 0 Å². The fourth-order valence-electron chi connectivity index (χ4n) is 1.92. The molecular formula is C9H15N3O2. The van der Waals surface area contributed by atoms with Gasteiger partial charge in [0.15, 0.2) is 0 Å². The molecule has 2 rings (SSSR count). The zero-order valence-electron chi connectivity index (χ0n) is 8.25. The highest BCUT2D eigenvalue weighted by Crippen LogP contribution is 2.29. The van der Waals surface area contributed by atoms with E-state index in [-0.39, 0.29) is 23.3 Å². The normalized spacial score (nSPS) is 28.9. The number of likely N-dealkylation sites (tertiary alicyclic amines) is 1. The third-order valence-corrected chi connectivity index (χ3v) is 3.16. The van der Waals surface area contributed by atoms with E-state index in [2.05, 4.69) is 5.32 Å². The number of carbonyl (C=O) groups excluding carboxylic acids is 2. The molecule has 0 aromatic carbocycles. The summed E-state index contributed by atoms with van der Waals surface area (Å²) in [5, 5.41) is 3.07. The second-order valence-electron chi connectivity index (χ2n) is 4.37. The molecule has 5 nitrogen and oxygen atoms in total. The van der Waals surface area contributed by atoms with Crippen LogP contribution in [0.15, 0.2) is 0 Å². The Kier molecular flexibility index (Phi) is 1.99. The molecule has 2 heterocycles. The molecule has 0 spiro atoms. The lowest BCUT2D eigenvalue weighted by molar-refractivity contribution is -0.156. The van der Waals surface area contributed by atoms with E-state index in [0.29, 0.717) is 26.1 Å². The lowest BCUT2D eigenvalue weighted by Gasteiger charge is -2.47. The first kappa shape index (κ1) is 9.45. The summed E-state index contributed by atoms with van der Waals surface area (Å²) in [5.41, 5.74) is 4.87. The Balaban J connectivity index is 2.02. The summed E-state index contributed by atoms with van der Waals surface area (Å²) in [6, 6.07) is -0.361. The molecule has 0 saturated carbocycles. The Morgan fingerprint density at radius 1 is 1.50 bits per heavy atom. The van der Waals surface area contributed by atoms with Crippen LogP contribution in [0, 0.1) is 5.41 Å². The van der Waals surface area contributed by atoms with Gasteiger partial charge in [0.05, 0.1) is 5.41 Å². The molecule has 2 aliphatic heterocycles. The molecule has 78 valence electrons. The van der Waals surface area contributed by atoms with Crippen molar-refractivity contribution in [2.45, 2.75) is 19.4 Å². The zero-order chi connectivity index (χ0) is 10.3. The predicted molar refractivity (Wildman–Crippen MR) is 50.3 cm³/mol. The number of nitrogens with one attached hydrogen (secondary N) is 1. The summed E-state index contributed by atoms with van der Waals surface area (Å²) in [4.78, 5) is 24.5. The van der Waals surface area contributed by atoms with Gasteiger partial charge in [-0.05, 0) is 13.3 Å². The van der Waals surface area contributed by atoms with E-state index in [9.17, 15) is 9.59 Å². The van der Waals surface area contributed by atoms with Gasteiger partial charge in [-0.25, -0.2) is 0 Å². The van der Waals surface area contributed by atoms with E-state index in [0.717, 1.165) is 0 Å². The van der Waals surface area contributed by atoms with Crippen molar-refractivity contribution in [2.75, 3.05) is 19.6 Å². The van der Waals surface area contributed by atoms with E-state index < -0.39 is 0 Å². The zero-order valence-corrected chi connectivity index (χ0v) is 8.25. The van der Waals surface area contributed by atoms with Crippen LogP contribution >= 0.6 is 0 Å². The molecular weight excluding hydrogens is 182 g/mol. The van der Waals surface area contributed by atoms with Crippen molar-refractivity contribution in [2.24, 2.45) is 11.1 Å². The third kappa shape index (κ3) is 1.19. The Morgan fingerprint density at radius 2 is 2.14 bits per heavy atom. The SMILES string of the molecule is CC1(C(=O)N2CCC2C(N)=O)CNC1. The maximum atomic E-state index is 11.9. The summed E-state index contributed by atoms with van der Waals surface area (Å²) >= 11 is 0. The number of hydrogen-bond acceptors (Lipinski definition) is 3. The third-order valence-electron chi connectivity index (χ3n) is 3.16. The van der Waals surface area contributed by atoms with Gasteiger partial charge >= 0.3 is 0 Å². The van der Waals surface area contributed by atoms with Crippen LogP contribution in [-0.2, 0) is 9.59 Å². The fraction of sp³-hybridized carbons (Fsp3) is 0.778. The van der Waals surface area contributed by atoms with Crippen LogP contribution in [0.4, 0.5) is 0 Å². The average Bonchev–Trinajstić information content (AvgIpc) is 1.96. The number of nitrogens with zero attached hydrogens (tertiary/aromatic N) is 1. The first-order valence-corrected chi connectivity index (χ1v) is 4.86. The van der Waals surface area contributed by atoms with Crippen molar-refractivity contribution in [1.29, 1.82) is 0 Å². The van der Waals surface area contributed by atoms with Crippen molar-refractivity contribution >= 4 is 11.8 Å². The lowest BCUT2D eigenvalue weighted by Crippen LogP contribution is -2.66. The molecule has 2 aliphatic rings. The summed E-state index contributed by atoms with van der Waals surface area (Å²) in [6.07, 6.45) is 0.713. The number of nitrogens with two attached hydrogens (primary N) is 1. The van der Waals surface area contributed by atoms with Crippen molar-refractivity contribution in [1.82, 2.24) is 10.2 Å². The smallest absolute Gasteiger partial charge is 0.240 e. The van der Waals surface area contributed by atoms with E-state index >= 15 is 0 Å². The Labute approximate surface area is 82.6 Å². The van der Waals surface area contributed by atoms with Gasteiger partial charge in [0, 0.05) is 19.6 Å². The Morgan fingerprint density at radius 3 is 2.43 bits per heavy atom. The van der Waals surface area contributed by atoms with Crippen LogP contribution < -0.4 is 11.1 Å². The molecule has 2 saturated heterocycles. The number of rotatable bonds is 2. The van der Waals surface area contributed by atoms with Crippen molar-refractivity contribution < 1.29 is 9.59 Å². The molecule has 2 amide bonds. The number of primary amides is 1. The van der Waals surface area contributed by atoms with Gasteiger partial charge in [-0.1, -0.05) is 0 Å². The van der Waals surface area contributed by atoms with Gasteiger partial charge < -0.3 is 16.0 Å². The molecule has 2 fully saturated rings. The lowest BCUT2D eigenvalue weighted by atomic mass is 9.81. The second kappa shape index (κ2) is 2.95. The van der Waals surface area contributed by atoms with Crippen molar-refractivity contribution in [3.05, 3.63) is 0 Å². The molecule has 0 bridgehead atoms. The standard InChI is InChI=1S/C9H15N3O2/c1-9(4-11-5-9)8(14)12-3-2-6(12)7(10)13/h6,11H,2-5H2,1H3,(H2,10,13). The maximum absolute atomic E-state index is 11.9. The number of hydrogen-bond donors (Lipinski definition) is 2. The van der Waals surface area contributed by atoms with Crippen LogP contribution in [0.3, 0.4) is 0 Å². The second-order valence-corrected chi connectivity index (χ2v) is 4.37. The van der Waals surface area contributed by atoms with Crippen LogP contribution in [0.1, 0.15) is 13.3 Å². The highest BCUT2D eigenvalue weighted by atomic mass is 16.2. The number of amides is 2. The highest BCUT2D eigenvalue weighted by Gasteiger charge is 2.47. The van der Waals surface area contributed by atoms with E-state index in [1.165, 1.54) is 0 Å². The Hall–Kier alpha value is -1.10. The molecule has 14 heavy (non-hydrogen) atoms. The Bertz CT molecular complexity index is 286. The van der Waals surface area contributed by atoms with Crippen LogP contribution in [0.25, 0.3) is 0 Å². The van der Waals surface area contributed by atoms with Gasteiger partial charge in [-0.3, -0.25) is 9.59 Å². The molecule has 0 aromatic heterocycles. The molecule has 1 atom stereocenters. The fourth-order valence-corrected chi connectivity index (χ4v) is 1.92. The molecule has 1 unspecified atom stereocenters. The van der Waals surface area contributed by atoms with Gasteiger partial charge in [0.2, 0.25) is 11.8 Å². The summed E-state index contributed by atoms with van der Waals surface area (Å²) in [7, 11) is 0. The van der Waals surface area contributed by atoms with Crippen LogP contribution in [0.5, 0.6) is 0 Å². The summed E-state index contributed by atoms with van der Waals surface area (Å²) in [6.45, 7) is 3.99. The minimum absolute atomic E-state index is 0.0614. The van der Waals surface area contributed by atoms with E-state index in [1.807, 2.05) is 6.92 Å². The first-order valence-electron chi connectivity index (χ1n) is 4.86. The first-order chi connectivity index (χ1) is 6.54. The topological polar surface area (TPSA) is 75.4 Å². The van der Waals surface area contributed by atoms with Crippen molar-refractivity contribution in [3.8, 4) is 0 Å². The molecule has 0 aliphatic carbocycles. The molecule has 5 heteroatoms.